The van der Waals surface area contributed by atoms with Crippen molar-refractivity contribution in [1.29, 1.82) is 0 Å². The van der Waals surface area contributed by atoms with Gasteiger partial charge in [-0.25, -0.2) is 0 Å². The fraction of sp³-hybridized carbons (Fsp3) is 0.571. The van der Waals surface area contributed by atoms with E-state index < -0.39 is 0 Å². The molecule has 1 aromatic carbocycles. The molecule has 0 amide bonds. The van der Waals surface area contributed by atoms with Gasteiger partial charge in [-0.05, 0) is 56.4 Å². The normalized spacial score (nSPS) is 23.8. The van der Waals surface area contributed by atoms with Crippen molar-refractivity contribution in [3.8, 4) is 5.75 Å². The minimum atomic E-state index is 0.289. The van der Waals surface area contributed by atoms with E-state index in [-0.39, 0.29) is 6.04 Å². The van der Waals surface area contributed by atoms with Crippen LogP contribution in [-0.4, -0.2) is 19.2 Å². The third-order valence-electron chi connectivity index (χ3n) is 3.87. The van der Waals surface area contributed by atoms with E-state index in [2.05, 4.69) is 25.2 Å². The molecule has 0 aromatic heterocycles. The van der Waals surface area contributed by atoms with Crippen LogP contribution in [0.1, 0.15) is 30.4 Å². The summed E-state index contributed by atoms with van der Waals surface area (Å²) in [7, 11) is 1.71. The van der Waals surface area contributed by atoms with Gasteiger partial charge in [-0.1, -0.05) is 0 Å². The Morgan fingerprint density at radius 2 is 2.00 bits per heavy atom. The predicted molar refractivity (Wildman–Crippen MR) is 71.7 cm³/mol. The lowest BCUT2D eigenvalue weighted by Gasteiger charge is -2.21. The van der Waals surface area contributed by atoms with E-state index in [1.54, 1.807) is 7.11 Å². The van der Waals surface area contributed by atoms with Crippen molar-refractivity contribution < 1.29 is 4.74 Å². The summed E-state index contributed by atoms with van der Waals surface area (Å²) in [6.45, 7) is 4.22. The van der Waals surface area contributed by atoms with Crippen LogP contribution in [0.5, 0.6) is 5.75 Å². The lowest BCUT2D eigenvalue weighted by Crippen LogP contribution is -2.35. The Hall–Kier alpha value is -1.22. The van der Waals surface area contributed by atoms with Crippen LogP contribution >= 0.6 is 0 Å². The first kappa shape index (κ1) is 12.2. The average Bonchev–Trinajstić information content (AvgIpc) is 2.71. The van der Waals surface area contributed by atoms with Gasteiger partial charge < -0.3 is 15.8 Å². The minimum absolute atomic E-state index is 0.289. The Morgan fingerprint density at radius 1 is 1.24 bits per heavy atom. The van der Waals surface area contributed by atoms with Gasteiger partial charge in [0.1, 0.15) is 5.75 Å². The second kappa shape index (κ2) is 4.96. The number of anilines is 1. The van der Waals surface area contributed by atoms with Gasteiger partial charge in [0.2, 0.25) is 0 Å². The molecule has 3 heteroatoms. The number of hydrogen-bond acceptors (Lipinski definition) is 3. The number of methoxy groups -OCH3 is 1. The van der Waals surface area contributed by atoms with E-state index in [1.807, 2.05) is 6.07 Å². The lowest BCUT2D eigenvalue weighted by molar-refractivity contribution is 0.411. The molecule has 3 nitrogen and oxygen atoms in total. The Morgan fingerprint density at radius 3 is 2.59 bits per heavy atom. The fourth-order valence-electron chi connectivity index (χ4n) is 2.54. The number of benzene rings is 1. The van der Waals surface area contributed by atoms with E-state index in [9.17, 15) is 0 Å². The van der Waals surface area contributed by atoms with Crippen LogP contribution in [-0.2, 0) is 0 Å². The van der Waals surface area contributed by atoms with E-state index in [1.165, 1.54) is 29.7 Å². The Kier molecular flexibility index (Phi) is 3.57. The van der Waals surface area contributed by atoms with Crippen molar-refractivity contribution in [2.45, 2.75) is 45.2 Å². The SMILES string of the molecule is COc1ccc(NC2CCCC2N)c(C)c1C. The van der Waals surface area contributed by atoms with Crippen molar-refractivity contribution in [3.63, 3.8) is 0 Å². The molecule has 0 heterocycles. The molecule has 1 aliphatic rings. The van der Waals surface area contributed by atoms with Crippen molar-refractivity contribution in [3.05, 3.63) is 23.3 Å². The zero-order chi connectivity index (χ0) is 12.4. The van der Waals surface area contributed by atoms with Gasteiger partial charge in [0.15, 0.2) is 0 Å². The highest BCUT2D eigenvalue weighted by atomic mass is 16.5. The fourth-order valence-corrected chi connectivity index (χ4v) is 2.54. The molecule has 0 aliphatic heterocycles. The molecule has 3 N–H and O–H groups in total. The summed E-state index contributed by atoms with van der Waals surface area (Å²) in [5.74, 6) is 0.948. The third-order valence-corrected chi connectivity index (χ3v) is 3.87. The molecule has 0 bridgehead atoms. The van der Waals surface area contributed by atoms with Gasteiger partial charge in [-0.2, -0.15) is 0 Å². The molecular formula is C14H22N2O. The highest BCUT2D eigenvalue weighted by Crippen LogP contribution is 2.29. The van der Waals surface area contributed by atoms with Crippen LogP contribution in [0, 0.1) is 13.8 Å². The van der Waals surface area contributed by atoms with Gasteiger partial charge in [-0.15, -0.1) is 0 Å². The van der Waals surface area contributed by atoms with E-state index in [4.69, 9.17) is 10.5 Å². The average molecular weight is 234 g/mol. The van der Waals surface area contributed by atoms with Gasteiger partial charge >= 0.3 is 0 Å². The van der Waals surface area contributed by atoms with Crippen molar-refractivity contribution >= 4 is 5.69 Å². The summed E-state index contributed by atoms with van der Waals surface area (Å²) in [6.07, 6.45) is 3.53. The molecule has 1 aliphatic carbocycles. The zero-order valence-corrected chi connectivity index (χ0v) is 10.9. The number of ether oxygens (including phenoxy) is 1. The number of nitrogens with two attached hydrogens (primary N) is 1. The maximum atomic E-state index is 6.08. The molecule has 0 saturated heterocycles. The second-order valence-corrected chi connectivity index (χ2v) is 4.91. The van der Waals surface area contributed by atoms with E-state index in [0.717, 1.165) is 12.2 Å². The van der Waals surface area contributed by atoms with Gasteiger partial charge in [0.05, 0.1) is 7.11 Å². The summed E-state index contributed by atoms with van der Waals surface area (Å²) >= 11 is 0. The first-order valence-corrected chi connectivity index (χ1v) is 6.29. The topological polar surface area (TPSA) is 47.3 Å². The van der Waals surface area contributed by atoms with Gasteiger partial charge in [0, 0.05) is 17.8 Å². The van der Waals surface area contributed by atoms with Crippen LogP contribution in [0.15, 0.2) is 12.1 Å². The van der Waals surface area contributed by atoms with Crippen molar-refractivity contribution in [2.24, 2.45) is 5.73 Å². The third kappa shape index (κ3) is 2.39. The Balaban J connectivity index is 2.19. The zero-order valence-electron chi connectivity index (χ0n) is 10.9. The van der Waals surface area contributed by atoms with Crippen LogP contribution in [0.25, 0.3) is 0 Å². The predicted octanol–water partition coefficient (Wildman–Crippen LogP) is 2.60. The molecule has 2 rings (SSSR count). The highest BCUT2D eigenvalue weighted by molar-refractivity contribution is 5.58. The summed E-state index contributed by atoms with van der Waals surface area (Å²) in [5.41, 5.74) is 9.72. The standard InChI is InChI=1S/C14H22N2O/c1-9-10(2)14(17-3)8-7-12(9)16-13-6-4-5-11(13)15/h7-8,11,13,16H,4-6,15H2,1-3H3. The molecule has 2 atom stereocenters. The molecule has 0 radical (unpaired) electrons. The van der Waals surface area contributed by atoms with Crippen LogP contribution in [0.3, 0.4) is 0 Å². The number of rotatable bonds is 3. The maximum absolute atomic E-state index is 6.08. The summed E-state index contributed by atoms with van der Waals surface area (Å²) in [5, 5.41) is 3.57. The van der Waals surface area contributed by atoms with Gasteiger partial charge in [-0.3, -0.25) is 0 Å². The molecule has 1 aromatic rings. The van der Waals surface area contributed by atoms with E-state index >= 15 is 0 Å². The maximum Gasteiger partial charge on any atom is 0.122 e. The van der Waals surface area contributed by atoms with Crippen molar-refractivity contribution in [2.75, 3.05) is 12.4 Å². The summed E-state index contributed by atoms with van der Waals surface area (Å²) in [4.78, 5) is 0. The molecule has 94 valence electrons. The Bertz CT molecular complexity index is 403. The monoisotopic (exact) mass is 234 g/mol. The Labute approximate surface area is 103 Å². The smallest absolute Gasteiger partial charge is 0.122 e. The number of hydrogen-bond donors (Lipinski definition) is 2. The van der Waals surface area contributed by atoms with Gasteiger partial charge in [0.25, 0.3) is 0 Å². The quantitative estimate of drug-likeness (QED) is 0.845. The van der Waals surface area contributed by atoms with Crippen molar-refractivity contribution in [1.82, 2.24) is 0 Å². The molecule has 17 heavy (non-hydrogen) atoms. The van der Waals surface area contributed by atoms with Crippen LogP contribution in [0.4, 0.5) is 5.69 Å². The molecular weight excluding hydrogens is 212 g/mol. The second-order valence-electron chi connectivity index (χ2n) is 4.91. The van der Waals surface area contributed by atoms with E-state index in [0.29, 0.717) is 6.04 Å². The van der Waals surface area contributed by atoms with Crippen LogP contribution in [0.2, 0.25) is 0 Å². The minimum Gasteiger partial charge on any atom is -0.496 e. The molecule has 1 saturated carbocycles. The molecule has 1 fully saturated rings. The molecule has 2 unspecified atom stereocenters. The first-order chi connectivity index (χ1) is 8.13. The summed E-state index contributed by atoms with van der Waals surface area (Å²) < 4.78 is 5.32. The largest absolute Gasteiger partial charge is 0.496 e. The first-order valence-electron chi connectivity index (χ1n) is 6.29. The van der Waals surface area contributed by atoms with Crippen LogP contribution < -0.4 is 15.8 Å². The number of nitrogens with one attached hydrogen (secondary N) is 1. The summed E-state index contributed by atoms with van der Waals surface area (Å²) in [6, 6.07) is 4.82. The molecule has 0 spiro atoms. The highest BCUT2D eigenvalue weighted by Gasteiger charge is 2.24. The lowest BCUT2D eigenvalue weighted by atomic mass is 10.1.